The molecule has 1 aliphatic rings. The Morgan fingerprint density at radius 2 is 2.18 bits per heavy atom. The molecule has 1 aromatic heterocycles. The van der Waals surface area contributed by atoms with Crippen LogP contribution in [0.5, 0.6) is 0 Å². The summed E-state index contributed by atoms with van der Waals surface area (Å²) in [5.74, 6) is 6.76. The van der Waals surface area contributed by atoms with Crippen LogP contribution in [0.3, 0.4) is 0 Å². The topological polar surface area (TPSA) is 63.8 Å². The molecule has 3 rings (SSSR count). The van der Waals surface area contributed by atoms with E-state index in [2.05, 4.69) is 39.3 Å². The van der Waals surface area contributed by atoms with Crippen LogP contribution >= 0.6 is 11.5 Å². The highest BCUT2D eigenvalue weighted by atomic mass is 32.1. The van der Waals surface area contributed by atoms with Crippen LogP contribution < -0.4 is 11.3 Å². The van der Waals surface area contributed by atoms with Gasteiger partial charge in [-0.3, -0.25) is 11.3 Å². The fraction of sp³-hybridized carbons (Fsp3) is 0.333. The average molecular weight is 246 g/mol. The fourth-order valence-electron chi connectivity index (χ4n) is 2.40. The van der Waals surface area contributed by atoms with Gasteiger partial charge in [0.1, 0.15) is 0 Å². The van der Waals surface area contributed by atoms with Crippen LogP contribution in [0.1, 0.15) is 29.6 Å². The zero-order valence-corrected chi connectivity index (χ0v) is 10.1. The maximum atomic E-state index is 5.63. The lowest BCUT2D eigenvalue weighted by molar-refractivity contribution is 0.475. The second kappa shape index (κ2) is 4.52. The van der Waals surface area contributed by atoms with Crippen molar-refractivity contribution in [1.29, 1.82) is 0 Å². The first-order chi connectivity index (χ1) is 8.40. The highest BCUT2D eigenvalue weighted by Gasteiger charge is 2.44. The minimum absolute atomic E-state index is 0.124. The molecule has 0 aliphatic heterocycles. The van der Waals surface area contributed by atoms with Crippen molar-refractivity contribution in [1.82, 2.24) is 15.0 Å². The molecule has 3 N–H and O–H groups in total. The molecule has 3 atom stereocenters. The third-order valence-electron chi connectivity index (χ3n) is 3.37. The van der Waals surface area contributed by atoms with E-state index in [1.54, 1.807) is 0 Å². The van der Waals surface area contributed by atoms with Crippen molar-refractivity contribution in [3.63, 3.8) is 0 Å². The Hall–Kier alpha value is -1.30. The molecule has 17 heavy (non-hydrogen) atoms. The summed E-state index contributed by atoms with van der Waals surface area (Å²) in [5, 5.41) is 6.07. The molecule has 3 unspecified atom stereocenters. The van der Waals surface area contributed by atoms with Gasteiger partial charge in [-0.25, -0.2) is 0 Å². The van der Waals surface area contributed by atoms with Gasteiger partial charge in [0.15, 0.2) is 0 Å². The van der Waals surface area contributed by atoms with E-state index in [0.29, 0.717) is 11.8 Å². The molecular formula is C12H14N4S. The number of nitrogens with zero attached hydrogens (tertiary/aromatic N) is 2. The highest BCUT2D eigenvalue weighted by molar-refractivity contribution is 7.03. The summed E-state index contributed by atoms with van der Waals surface area (Å²) >= 11 is 1.37. The van der Waals surface area contributed by atoms with E-state index in [0.717, 1.165) is 12.1 Å². The molecule has 0 radical (unpaired) electrons. The number of benzene rings is 1. The molecule has 1 aromatic carbocycles. The van der Waals surface area contributed by atoms with Crippen LogP contribution in [-0.2, 0) is 0 Å². The van der Waals surface area contributed by atoms with Gasteiger partial charge in [0.2, 0.25) is 0 Å². The summed E-state index contributed by atoms with van der Waals surface area (Å²) in [6.45, 7) is 0. The van der Waals surface area contributed by atoms with Crippen LogP contribution in [-0.4, -0.2) is 9.59 Å². The van der Waals surface area contributed by atoms with Gasteiger partial charge < -0.3 is 0 Å². The Labute approximate surface area is 104 Å². The first-order valence-corrected chi connectivity index (χ1v) is 6.52. The molecule has 0 bridgehead atoms. The Kier molecular flexibility index (Phi) is 2.88. The first-order valence-electron chi connectivity index (χ1n) is 5.68. The lowest BCUT2D eigenvalue weighted by atomic mass is 10.0. The number of nitrogens with one attached hydrogen (secondary N) is 1. The van der Waals surface area contributed by atoms with Crippen molar-refractivity contribution in [3.05, 3.63) is 47.0 Å². The number of nitrogens with two attached hydrogens (primary N) is 1. The lowest BCUT2D eigenvalue weighted by Gasteiger charge is -2.12. The van der Waals surface area contributed by atoms with Gasteiger partial charge in [0.05, 0.1) is 11.7 Å². The van der Waals surface area contributed by atoms with E-state index in [-0.39, 0.29) is 6.04 Å². The predicted octanol–water partition coefficient (Wildman–Crippen LogP) is 1.85. The maximum absolute atomic E-state index is 5.63. The lowest BCUT2D eigenvalue weighted by Crippen LogP contribution is -2.30. The molecular weight excluding hydrogens is 232 g/mol. The number of hydrogen-bond acceptors (Lipinski definition) is 5. The summed E-state index contributed by atoms with van der Waals surface area (Å²) in [6, 6.07) is 10.7. The standard InChI is InChI=1S/C12H14N4S/c13-14-12(11-7-17-16-15-11)10-6-9(10)8-4-2-1-3-5-8/h1-5,7,9-10,12,14H,6,13H2. The third kappa shape index (κ3) is 2.09. The van der Waals surface area contributed by atoms with Crippen molar-refractivity contribution in [2.24, 2.45) is 11.8 Å². The van der Waals surface area contributed by atoms with Crippen LogP contribution in [0.25, 0.3) is 0 Å². The molecule has 4 nitrogen and oxygen atoms in total. The van der Waals surface area contributed by atoms with Gasteiger partial charge in [0, 0.05) is 5.38 Å². The number of hydrogen-bond donors (Lipinski definition) is 2. The SMILES string of the molecule is NNC(c1csnn1)C1CC1c1ccccc1. The third-order valence-corrected chi connectivity index (χ3v) is 3.89. The summed E-state index contributed by atoms with van der Waals surface area (Å²) < 4.78 is 3.90. The Morgan fingerprint density at radius 3 is 2.82 bits per heavy atom. The highest BCUT2D eigenvalue weighted by Crippen LogP contribution is 2.53. The van der Waals surface area contributed by atoms with Crippen molar-refractivity contribution in [2.75, 3.05) is 0 Å². The van der Waals surface area contributed by atoms with Crippen molar-refractivity contribution >= 4 is 11.5 Å². The van der Waals surface area contributed by atoms with Crippen molar-refractivity contribution in [3.8, 4) is 0 Å². The normalized spacial score (nSPS) is 24.5. The van der Waals surface area contributed by atoms with Gasteiger partial charge in [-0.15, -0.1) is 5.10 Å². The van der Waals surface area contributed by atoms with E-state index in [1.165, 1.54) is 17.1 Å². The van der Waals surface area contributed by atoms with E-state index in [9.17, 15) is 0 Å². The van der Waals surface area contributed by atoms with Crippen LogP contribution in [0.2, 0.25) is 0 Å². The summed E-state index contributed by atoms with van der Waals surface area (Å²) in [5.41, 5.74) is 5.22. The first kappa shape index (κ1) is 10.8. The largest absolute Gasteiger partial charge is 0.271 e. The van der Waals surface area contributed by atoms with E-state index in [1.807, 2.05) is 11.4 Å². The molecule has 1 saturated carbocycles. The monoisotopic (exact) mass is 246 g/mol. The molecule has 1 aliphatic carbocycles. The molecule has 1 heterocycles. The molecule has 0 spiro atoms. The predicted molar refractivity (Wildman–Crippen MR) is 67.3 cm³/mol. The minimum Gasteiger partial charge on any atom is -0.271 e. The van der Waals surface area contributed by atoms with Gasteiger partial charge >= 0.3 is 0 Å². The molecule has 88 valence electrons. The van der Waals surface area contributed by atoms with Crippen LogP contribution in [0.4, 0.5) is 0 Å². The molecule has 1 fully saturated rings. The Morgan fingerprint density at radius 1 is 1.35 bits per heavy atom. The average Bonchev–Trinajstić information content (AvgIpc) is 2.97. The minimum atomic E-state index is 0.124. The van der Waals surface area contributed by atoms with Crippen molar-refractivity contribution < 1.29 is 0 Å². The van der Waals surface area contributed by atoms with E-state index < -0.39 is 0 Å². The Bertz CT molecular complexity index is 471. The number of hydrazine groups is 1. The molecule has 2 aromatic rings. The second-order valence-electron chi connectivity index (χ2n) is 4.39. The second-order valence-corrected chi connectivity index (χ2v) is 5.00. The molecule has 0 saturated heterocycles. The van der Waals surface area contributed by atoms with E-state index in [4.69, 9.17) is 5.84 Å². The smallest absolute Gasteiger partial charge is 0.0941 e. The van der Waals surface area contributed by atoms with Gasteiger partial charge in [-0.05, 0) is 35.4 Å². The molecule has 0 amide bonds. The van der Waals surface area contributed by atoms with Gasteiger partial charge in [-0.1, -0.05) is 34.8 Å². The van der Waals surface area contributed by atoms with Crippen LogP contribution in [0, 0.1) is 5.92 Å². The Balaban J connectivity index is 1.75. The summed E-state index contributed by atoms with van der Waals surface area (Å²) in [6.07, 6.45) is 1.16. The van der Waals surface area contributed by atoms with Crippen molar-refractivity contribution in [2.45, 2.75) is 18.4 Å². The van der Waals surface area contributed by atoms with E-state index >= 15 is 0 Å². The zero-order chi connectivity index (χ0) is 11.7. The van der Waals surface area contributed by atoms with Gasteiger partial charge in [-0.2, -0.15) is 0 Å². The summed E-state index contributed by atoms with van der Waals surface area (Å²) in [7, 11) is 0. The number of rotatable bonds is 4. The zero-order valence-electron chi connectivity index (χ0n) is 9.28. The maximum Gasteiger partial charge on any atom is 0.0941 e. The molecule has 5 heteroatoms. The van der Waals surface area contributed by atoms with Gasteiger partial charge in [0.25, 0.3) is 0 Å². The fourth-order valence-corrected chi connectivity index (χ4v) is 2.89. The van der Waals surface area contributed by atoms with Crippen LogP contribution in [0.15, 0.2) is 35.7 Å². The number of aromatic nitrogens is 2. The summed E-state index contributed by atoms with van der Waals surface area (Å²) in [4.78, 5) is 0. The quantitative estimate of drug-likeness (QED) is 0.638.